The molecule has 4 nitrogen and oxygen atoms in total. The summed E-state index contributed by atoms with van der Waals surface area (Å²) >= 11 is 7.73. The van der Waals surface area contributed by atoms with Crippen molar-refractivity contribution in [2.75, 3.05) is 19.0 Å². The zero-order valence-electron chi connectivity index (χ0n) is 15.9. The quantitative estimate of drug-likeness (QED) is 0.438. The average Bonchev–Trinajstić information content (AvgIpc) is 2.71. The molecule has 0 atom stereocenters. The molecule has 0 aliphatic carbocycles. The largest absolute Gasteiger partial charge is 0.506 e. The Morgan fingerprint density at radius 1 is 1.00 bits per heavy atom. The van der Waals surface area contributed by atoms with E-state index in [1.165, 1.54) is 11.8 Å². The average molecular weight is 423 g/mol. The number of hydrogen-bond acceptors (Lipinski definition) is 4. The van der Waals surface area contributed by atoms with Crippen LogP contribution in [0.25, 0.3) is 22.0 Å². The summed E-state index contributed by atoms with van der Waals surface area (Å²) in [4.78, 5) is 18.5. The van der Waals surface area contributed by atoms with Gasteiger partial charge in [0, 0.05) is 35.6 Å². The lowest BCUT2D eigenvalue weighted by atomic mass is 10.0. The third-order valence-corrected chi connectivity index (χ3v) is 6.09. The van der Waals surface area contributed by atoms with Gasteiger partial charge in [0.1, 0.15) is 10.6 Å². The van der Waals surface area contributed by atoms with Crippen LogP contribution in [0.2, 0.25) is 5.02 Å². The maximum absolute atomic E-state index is 12.5. The number of pyridine rings is 1. The van der Waals surface area contributed by atoms with Crippen molar-refractivity contribution in [3.8, 4) is 16.9 Å². The molecular formula is C23H19ClN2O2S. The summed E-state index contributed by atoms with van der Waals surface area (Å²) in [7, 11) is 3.97. The van der Waals surface area contributed by atoms with Gasteiger partial charge >= 0.3 is 0 Å². The molecule has 2 N–H and O–H groups in total. The first kappa shape index (κ1) is 19.4. The number of aromatic hydroxyl groups is 1. The Balaban J connectivity index is 1.84. The number of H-pyrrole nitrogens is 1. The van der Waals surface area contributed by atoms with E-state index in [9.17, 15) is 9.90 Å². The molecule has 4 rings (SSSR count). The van der Waals surface area contributed by atoms with Gasteiger partial charge in [-0.2, -0.15) is 0 Å². The molecule has 0 saturated heterocycles. The minimum Gasteiger partial charge on any atom is -0.506 e. The molecular weight excluding hydrogens is 404 g/mol. The first-order chi connectivity index (χ1) is 13.9. The molecule has 0 amide bonds. The van der Waals surface area contributed by atoms with Gasteiger partial charge in [-0.25, -0.2) is 0 Å². The number of nitrogens with zero attached hydrogens (tertiary/aromatic N) is 1. The highest BCUT2D eigenvalue weighted by Crippen LogP contribution is 2.39. The monoisotopic (exact) mass is 422 g/mol. The summed E-state index contributed by atoms with van der Waals surface area (Å²) in [5.41, 5.74) is 2.97. The van der Waals surface area contributed by atoms with Crippen LogP contribution in [-0.4, -0.2) is 24.2 Å². The maximum atomic E-state index is 12.5. The third-order valence-electron chi connectivity index (χ3n) is 4.69. The molecule has 1 aromatic heterocycles. The molecule has 0 fully saturated rings. The first-order valence-electron chi connectivity index (χ1n) is 9.03. The zero-order valence-corrected chi connectivity index (χ0v) is 17.5. The SMILES string of the molecule is CN(C)c1ccc(-c2cc3c(O)c(Sc4ccccc4)c(=O)[nH]c3cc2Cl)cc1. The number of aromatic nitrogens is 1. The fourth-order valence-electron chi connectivity index (χ4n) is 3.14. The van der Waals surface area contributed by atoms with E-state index >= 15 is 0 Å². The van der Waals surface area contributed by atoms with Gasteiger partial charge in [-0.1, -0.05) is 53.7 Å². The topological polar surface area (TPSA) is 56.3 Å². The molecule has 4 aromatic rings. The zero-order chi connectivity index (χ0) is 20.5. The van der Waals surface area contributed by atoms with E-state index in [1.807, 2.05) is 79.7 Å². The van der Waals surface area contributed by atoms with Gasteiger partial charge in [0.2, 0.25) is 0 Å². The number of benzene rings is 3. The van der Waals surface area contributed by atoms with Gasteiger partial charge in [0.25, 0.3) is 5.56 Å². The molecule has 0 unspecified atom stereocenters. The van der Waals surface area contributed by atoms with E-state index in [1.54, 1.807) is 6.07 Å². The van der Waals surface area contributed by atoms with Gasteiger partial charge in [0.15, 0.2) is 0 Å². The molecule has 0 radical (unpaired) electrons. The summed E-state index contributed by atoms with van der Waals surface area (Å²) in [6.45, 7) is 0. The van der Waals surface area contributed by atoms with Crippen LogP contribution in [0, 0.1) is 0 Å². The Morgan fingerprint density at radius 2 is 1.69 bits per heavy atom. The Morgan fingerprint density at radius 3 is 2.34 bits per heavy atom. The number of halogens is 1. The highest BCUT2D eigenvalue weighted by atomic mass is 35.5. The number of rotatable bonds is 4. The lowest BCUT2D eigenvalue weighted by Gasteiger charge is -2.14. The van der Waals surface area contributed by atoms with Crippen LogP contribution >= 0.6 is 23.4 Å². The highest BCUT2D eigenvalue weighted by molar-refractivity contribution is 7.99. The number of nitrogens with one attached hydrogen (secondary N) is 1. The fourth-order valence-corrected chi connectivity index (χ4v) is 4.30. The molecule has 146 valence electrons. The van der Waals surface area contributed by atoms with Gasteiger partial charge in [0.05, 0.1) is 10.5 Å². The normalized spacial score (nSPS) is 11.0. The van der Waals surface area contributed by atoms with Crippen molar-refractivity contribution in [3.63, 3.8) is 0 Å². The van der Waals surface area contributed by atoms with E-state index in [0.29, 0.717) is 15.9 Å². The molecule has 29 heavy (non-hydrogen) atoms. The van der Waals surface area contributed by atoms with E-state index in [-0.39, 0.29) is 16.2 Å². The van der Waals surface area contributed by atoms with Crippen LogP contribution in [0.4, 0.5) is 5.69 Å². The summed E-state index contributed by atoms with van der Waals surface area (Å²) in [5.74, 6) is -0.0413. The summed E-state index contributed by atoms with van der Waals surface area (Å²) in [6, 6.07) is 21.0. The summed E-state index contributed by atoms with van der Waals surface area (Å²) in [6.07, 6.45) is 0. The fraction of sp³-hybridized carbons (Fsp3) is 0.0870. The number of anilines is 1. The number of hydrogen-bond donors (Lipinski definition) is 2. The summed E-state index contributed by atoms with van der Waals surface area (Å²) in [5, 5.41) is 11.9. The van der Waals surface area contributed by atoms with Gasteiger partial charge in [-0.05, 0) is 42.0 Å². The van der Waals surface area contributed by atoms with E-state index in [4.69, 9.17) is 11.6 Å². The highest BCUT2D eigenvalue weighted by Gasteiger charge is 2.16. The molecule has 6 heteroatoms. The van der Waals surface area contributed by atoms with E-state index < -0.39 is 0 Å². The van der Waals surface area contributed by atoms with Gasteiger partial charge in [-0.3, -0.25) is 4.79 Å². The minimum absolute atomic E-state index is 0.0413. The van der Waals surface area contributed by atoms with Crippen LogP contribution in [0.15, 0.2) is 81.3 Å². The predicted molar refractivity (Wildman–Crippen MR) is 122 cm³/mol. The van der Waals surface area contributed by atoms with Crippen LogP contribution in [0.1, 0.15) is 0 Å². The molecule has 3 aromatic carbocycles. The standard InChI is InChI=1S/C23H19ClN2O2S/c1-26(2)15-10-8-14(9-11-15)17-12-18-20(13-19(17)24)25-23(28)22(21(18)27)29-16-6-4-3-5-7-16/h3-13H,1-2H3,(H2,25,27,28). The molecule has 0 bridgehead atoms. The summed E-state index contributed by atoms with van der Waals surface area (Å²) < 4.78 is 0. The van der Waals surface area contributed by atoms with Gasteiger partial charge < -0.3 is 15.0 Å². The van der Waals surface area contributed by atoms with Crippen molar-refractivity contribution in [1.82, 2.24) is 4.98 Å². The number of aromatic amines is 1. The van der Waals surface area contributed by atoms with Crippen LogP contribution < -0.4 is 10.5 Å². The van der Waals surface area contributed by atoms with E-state index in [2.05, 4.69) is 4.98 Å². The second-order valence-corrected chi connectivity index (χ2v) is 8.36. The van der Waals surface area contributed by atoms with Crippen molar-refractivity contribution in [2.45, 2.75) is 9.79 Å². The van der Waals surface area contributed by atoms with Crippen molar-refractivity contribution in [3.05, 3.63) is 82.1 Å². The molecule has 0 aliphatic heterocycles. The van der Waals surface area contributed by atoms with Crippen LogP contribution in [0.3, 0.4) is 0 Å². The van der Waals surface area contributed by atoms with Crippen LogP contribution in [-0.2, 0) is 0 Å². The number of fused-ring (bicyclic) bond motifs is 1. The Labute approximate surface area is 177 Å². The smallest absolute Gasteiger partial charge is 0.266 e. The lowest BCUT2D eigenvalue weighted by Crippen LogP contribution is -2.08. The van der Waals surface area contributed by atoms with Crippen molar-refractivity contribution >= 4 is 40.0 Å². The van der Waals surface area contributed by atoms with Crippen molar-refractivity contribution < 1.29 is 5.11 Å². The lowest BCUT2D eigenvalue weighted by molar-refractivity contribution is 0.467. The Kier molecular flexibility index (Phi) is 5.26. The van der Waals surface area contributed by atoms with E-state index in [0.717, 1.165) is 21.7 Å². The van der Waals surface area contributed by atoms with Crippen LogP contribution in [0.5, 0.6) is 5.75 Å². The minimum atomic E-state index is -0.344. The van der Waals surface area contributed by atoms with Crippen molar-refractivity contribution in [1.29, 1.82) is 0 Å². The first-order valence-corrected chi connectivity index (χ1v) is 10.2. The molecule has 0 saturated carbocycles. The Bertz CT molecular complexity index is 1240. The van der Waals surface area contributed by atoms with Gasteiger partial charge in [-0.15, -0.1) is 0 Å². The molecule has 0 aliphatic rings. The Hall–Kier alpha value is -2.89. The van der Waals surface area contributed by atoms with Crippen molar-refractivity contribution in [2.24, 2.45) is 0 Å². The molecule has 1 heterocycles. The second kappa shape index (κ2) is 7.85. The second-order valence-electron chi connectivity index (χ2n) is 6.87. The maximum Gasteiger partial charge on any atom is 0.266 e. The third kappa shape index (κ3) is 3.84. The molecule has 0 spiro atoms. The predicted octanol–water partition coefficient (Wildman–Crippen LogP) is 5.77.